The molecule has 23 heavy (non-hydrogen) atoms. The second-order valence-corrected chi connectivity index (χ2v) is 6.83. The Kier molecular flexibility index (Phi) is 4.76. The largest absolute Gasteiger partial charge is 0.353 e. The Hall–Kier alpha value is -2.15. The molecule has 0 spiro atoms. The minimum atomic E-state index is -0.126. The van der Waals surface area contributed by atoms with Gasteiger partial charge in [-0.1, -0.05) is 6.07 Å². The average Bonchev–Trinajstić information content (AvgIpc) is 2.99. The van der Waals surface area contributed by atoms with E-state index < -0.39 is 0 Å². The number of aryl methyl sites for hydroxylation is 1. The van der Waals surface area contributed by atoms with E-state index in [2.05, 4.69) is 20.2 Å². The summed E-state index contributed by atoms with van der Waals surface area (Å²) in [6.07, 6.45) is 2.16. The molecule has 1 fully saturated rings. The van der Waals surface area contributed by atoms with E-state index >= 15 is 0 Å². The van der Waals surface area contributed by atoms with Crippen LogP contribution in [0.1, 0.15) is 23.4 Å². The van der Waals surface area contributed by atoms with Gasteiger partial charge in [0, 0.05) is 35.8 Å². The number of amides is 1. The second kappa shape index (κ2) is 6.95. The van der Waals surface area contributed by atoms with Crippen LogP contribution in [0, 0.1) is 6.92 Å². The summed E-state index contributed by atoms with van der Waals surface area (Å²) >= 11 is 1.60. The molecule has 0 radical (unpaired) electrons. The Bertz CT molecular complexity index is 718. The van der Waals surface area contributed by atoms with Crippen molar-refractivity contribution in [1.82, 2.24) is 15.3 Å². The number of carbonyl (C=O) groups is 1. The molecule has 0 atom stereocenters. The van der Waals surface area contributed by atoms with Crippen LogP contribution in [0.15, 0.2) is 28.4 Å². The summed E-state index contributed by atoms with van der Waals surface area (Å²) in [7, 11) is 0. The predicted octanol–water partition coefficient (Wildman–Crippen LogP) is 1.47. The van der Waals surface area contributed by atoms with Crippen molar-refractivity contribution >= 4 is 23.2 Å². The number of aromatic amines is 1. The minimum Gasteiger partial charge on any atom is -0.353 e. The fourth-order valence-electron chi connectivity index (χ4n) is 2.80. The third-order valence-electron chi connectivity index (χ3n) is 3.93. The molecule has 7 heteroatoms. The highest BCUT2D eigenvalue weighted by Crippen LogP contribution is 2.16. The molecule has 1 aliphatic heterocycles. The number of H-pyrrole nitrogens is 1. The van der Waals surface area contributed by atoms with Crippen molar-refractivity contribution in [2.24, 2.45) is 0 Å². The molecule has 0 aromatic carbocycles. The number of anilines is 1. The topological polar surface area (TPSA) is 78.1 Å². The molecule has 2 N–H and O–H groups in total. The Morgan fingerprint density at radius 3 is 2.91 bits per heavy atom. The SMILES string of the molecule is Cc1cc(=O)[nH]c(N2CCC(NC(=O)Cc3cccs3)CC2)n1. The number of aromatic nitrogens is 2. The van der Waals surface area contributed by atoms with Gasteiger partial charge in [0.05, 0.1) is 6.42 Å². The van der Waals surface area contributed by atoms with Crippen LogP contribution in [0.4, 0.5) is 5.95 Å². The van der Waals surface area contributed by atoms with E-state index in [1.807, 2.05) is 24.4 Å². The van der Waals surface area contributed by atoms with Gasteiger partial charge in [-0.15, -0.1) is 11.3 Å². The highest BCUT2D eigenvalue weighted by molar-refractivity contribution is 7.10. The minimum absolute atomic E-state index is 0.0768. The van der Waals surface area contributed by atoms with Gasteiger partial charge < -0.3 is 10.2 Å². The van der Waals surface area contributed by atoms with Crippen LogP contribution in [0.2, 0.25) is 0 Å². The Morgan fingerprint density at radius 2 is 2.26 bits per heavy atom. The maximum atomic E-state index is 12.0. The van der Waals surface area contributed by atoms with Gasteiger partial charge in [0.2, 0.25) is 11.9 Å². The molecule has 6 nitrogen and oxygen atoms in total. The van der Waals surface area contributed by atoms with Crippen LogP contribution in [-0.2, 0) is 11.2 Å². The van der Waals surface area contributed by atoms with Crippen LogP contribution >= 0.6 is 11.3 Å². The molecule has 0 saturated carbocycles. The number of piperidine rings is 1. The molecule has 2 aromatic rings. The fourth-order valence-corrected chi connectivity index (χ4v) is 3.50. The summed E-state index contributed by atoms with van der Waals surface area (Å²) in [5.41, 5.74) is 0.592. The molecule has 1 saturated heterocycles. The van der Waals surface area contributed by atoms with Crippen LogP contribution in [-0.4, -0.2) is 35.0 Å². The van der Waals surface area contributed by atoms with Gasteiger partial charge in [-0.25, -0.2) is 4.98 Å². The maximum Gasteiger partial charge on any atom is 0.252 e. The highest BCUT2D eigenvalue weighted by Gasteiger charge is 2.22. The molecular weight excluding hydrogens is 312 g/mol. The van der Waals surface area contributed by atoms with E-state index in [1.54, 1.807) is 11.3 Å². The van der Waals surface area contributed by atoms with Crippen LogP contribution in [0.3, 0.4) is 0 Å². The van der Waals surface area contributed by atoms with E-state index in [0.717, 1.165) is 36.5 Å². The van der Waals surface area contributed by atoms with E-state index in [1.165, 1.54) is 6.07 Å². The molecule has 2 aromatic heterocycles. The van der Waals surface area contributed by atoms with Crippen LogP contribution in [0.25, 0.3) is 0 Å². The average molecular weight is 332 g/mol. The van der Waals surface area contributed by atoms with Crippen molar-refractivity contribution in [1.29, 1.82) is 0 Å². The van der Waals surface area contributed by atoms with E-state index in [0.29, 0.717) is 12.4 Å². The standard InChI is InChI=1S/C16H20N4O2S/c1-11-9-14(21)19-16(17-11)20-6-4-12(5-7-20)18-15(22)10-13-3-2-8-23-13/h2-3,8-9,12H,4-7,10H2,1H3,(H,18,22)(H,17,19,21). The third-order valence-corrected chi connectivity index (χ3v) is 4.81. The molecular formula is C16H20N4O2S. The van der Waals surface area contributed by atoms with E-state index in [4.69, 9.17) is 0 Å². The highest BCUT2D eigenvalue weighted by atomic mass is 32.1. The first kappa shape index (κ1) is 15.7. The van der Waals surface area contributed by atoms with Gasteiger partial charge in [-0.05, 0) is 31.2 Å². The first-order chi connectivity index (χ1) is 11.1. The first-order valence-electron chi connectivity index (χ1n) is 7.75. The molecule has 0 bridgehead atoms. The number of thiophene rings is 1. The number of nitrogens with one attached hydrogen (secondary N) is 2. The summed E-state index contributed by atoms with van der Waals surface area (Å²) in [6, 6.07) is 5.62. The number of hydrogen-bond donors (Lipinski definition) is 2. The van der Waals surface area contributed by atoms with E-state index in [9.17, 15) is 9.59 Å². The molecule has 122 valence electrons. The first-order valence-corrected chi connectivity index (χ1v) is 8.63. The quantitative estimate of drug-likeness (QED) is 0.889. The summed E-state index contributed by atoms with van der Waals surface area (Å²) in [6.45, 7) is 3.36. The zero-order chi connectivity index (χ0) is 16.2. The van der Waals surface area contributed by atoms with Crippen molar-refractivity contribution in [2.45, 2.75) is 32.2 Å². The monoisotopic (exact) mass is 332 g/mol. The van der Waals surface area contributed by atoms with Gasteiger partial charge in [-0.3, -0.25) is 14.6 Å². The summed E-state index contributed by atoms with van der Waals surface area (Å²) < 4.78 is 0. The lowest BCUT2D eigenvalue weighted by atomic mass is 10.1. The summed E-state index contributed by atoms with van der Waals surface area (Å²) in [5.74, 6) is 0.700. The van der Waals surface area contributed by atoms with Crippen molar-refractivity contribution in [3.8, 4) is 0 Å². The Labute approximate surface area is 138 Å². The zero-order valence-corrected chi connectivity index (χ0v) is 13.9. The smallest absolute Gasteiger partial charge is 0.252 e. The molecule has 3 heterocycles. The number of carbonyl (C=O) groups excluding carboxylic acids is 1. The van der Waals surface area contributed by atoms with Crippen molar-refractivity contribution in [2.75, 3.05) is 18.0 Å². The summed E-state index contributed by atoms with van der Waals surface area (Å²) in [5, 5.41) is 5.08. The van der Waals surface area contributed by atoms with Gasteiger partial charge in [0.15, 0.2) is 0 Å². The van der Waals surface area contributed by atoms with Crippen molar-refractivity contribution in [3.63, 3.8) is 0 Å². The van der Waals surface area contributed by atoms with Crippen LogP contribution < -0.4 is 15.8 Å². The molecule has 0 aliphatic carbocycles. The lowest BCUT2D eigenvalue weighted by molar-refractivity contribution is -0.121. The van der Waals surface area contributed by atoms with Gasteiger partial charge in [0.25, 0.3) is 5.56 Å². The van der Waals surface area contributed by atoms with Crippen LogP contribution in [0.5, 0.6) is 0 Å². The number of hydrogen-bond acceptors (Lipinski definition) is 5. The molecule has 0 unspecified atom stereocenters. The predicted molar refractivity (Wildman–Crippen MR) is 91.0 cm³/mol. The maximum absolute atomic E-state index is 12.0. The normalized spacial score (nSPS) is 15.6. The van der Waals surface area contributed by atoms with E-state index in [-0.39, 0.29) is 17.5 Å². The Balaban J connectivity index is 1.52. The second-order valence-electron chi connectivity index (χ2n) is 5.80. The lowest BCUT2D eigenvalue weighted by Crippen LogP contribution is -2.45. The lowest BCUT2D eigenvalue weighted by Gasteiger charge is -2.32. The third kappa shape index (κ3) is 4.19. The van der Waals surface area contributed by atoms with Gasteiger partial charge in [0.1, 0.15) is 0 Å². The molecule has 1 amide bonds. The number of rotatable bonds is 4. The zero-order valence-electron chi connectivity index (χ0n) is 13.0. The molecule has 3 rings (SSSR count). The van der Waals surface area contributed by atoms with Crippen molar-refractivity contribution < 1.29 is 4.79 Å². The van der Waals surface area contributed by atoms with Crippen molar-refractivity contribution in [3.05, 3.63) is 44.5 Å². The fraction of sp³-hybridized carbons (Fsp3) is 0.438. The number of nitrogens with zero attached hydrogens (tertiary/aromatic N) is 2. The van der Waals surface area contributed by atoms with Gasteiger partial charge >= 0.3 is 0 Å². The summed E-state index contributed by atoms with van der Waals surface area (Å²) in [4.78, 5) is 33.9. The Morgan fingerprint density at radius 1 is 1.48 bits per heavy atom. The van der Waals surface area contributed by atoms with Gasteiger partial charge in [-0.2, -0.15) is 0 Å². The molecule has 1 aliphatic rings.